The topological polar surface area (TPSA) is 28.7 Å². The first-order valence-corrected chi connectivity index (χ1v) is 12.0. The highest BCUT2D eigenvalue weighted by Crippen LogP contribution is 2.43. The number of fused-ring (bicyclic) bond motifs is 7. The Kier molecular flexibility index (Phi) is 6.58. The first-order valence-electron chi connectivity index (χ1n) is 11.2. The van der Waals surface area contributed by atoms with E-state index in [0.717, 1.165) is 16.7 Å². The number of benzene rings is 4. The standard InChI is InChI=1S/C25H14N2S.C3H6.C2H6/c26-15-16-7-1-4-10-20(16)27-21-11-5-2-9-19(21)24-22(27)14-13-18-17-8-3-6-12-23(17)28-25(18)24;1-3-2;1-2/h1-14H;3H,1H2,2H3;1-2H3. The summed E-state index contributed by atoms with van der Waals surface area (Å²) in [6.45, 7) is 9.25. The van der Waals surface area contributed by atoms with E-state index in [1.54, 1.807) is 6.08 Å². The van der Waals surface area contributed by atoms with Gasteiger partial charge in [0.2, 0.25) is 0 Å². The molecule has 0 aliphatic heterocycles. The highest BCUT2D eigenvalue weighted by Gasteiger charge is 2.18. The molecule has 0 spiro atoms. The van der Waals surface area contributed by atoms with Crippen LogP contribution in [0.1, 0.15) is 26.3 Å². The summed E-state index contributed by atoms with van der Waals surface area (Å²) in [6.07, 6.45) is 1.75. The minimum Gasteiger partial charge on any atom is -0.308 e. The van der Waals surface area contributed by atoms with Crippen LogP contribution in [0.25, 0.3) is 47.7 Å². The van der Waals surface area contributed by atoms with Crippen LogP contribution in [0.15, 0.2) is 97.6 Å². The van der Waals surface area contributed by atoms with Gasteiger partial charge in [0.15, 0.2) is 0 Å². The van der Waals surface area contributed by atoms with Gasteiger partial charge in [-0.25, -0.2) is 0 Å². The Labute approximate surface area is 198 Å². The number of para-hydroxylation sites is 2. The average Bonchev–Trinajstić information content (AvgIpc) is 3.41. The molecule has 0 saturated carbocycles. The van der Waals surface area contributed by atoms with Gasteiger partial charge in [-0.15, -0.1) is 17.9 Å². The summed E-state index contributed by atoms with van der Waals surface area (Å²) in [5, 5.41) is 14.8. The third-order valence-electron chi connectivity index (χ3n) is 5.45. The van der Waals surface area contributed by atoms with Crippen LogP contribution in [0.5, 0.6) is 0 Å². The summed E-state index contributed by atoms with van der Waals surface area (Å²) in [6, 6.07) is 31.7. The molecule has 162 valence electrons. The molecule has 0 aliphatic carbocycles. The van der Waals surface area contributed by atoms with Crippen LogP contribution in [-0.2, 0) is 0 Å². The van der Waals surface area contributed by atoms with Crippen molar-refractivity contribution < 1.29 is 0 Å². The molecule has 0 N–H and O–H groups in total. The van der Waals surface area contributed by atoms with E-state index >= 15 is 0 Å². The number of nitriles is 1. The number of aromatic nitrogens is 1. The number of allylic oxidation sites excluding steroid dienone is 1. The molecule has 0 unspecified atom stereocenters. The monoisotopic (exact) mass is 446 g/mol. The van der Waals surface area contributed by atoms with Crippen LogP contribution in [-0.4, -0.2) is 4.57 Å². The van der Waals surface area contributed by atoms with Crippen molar-refractivity contribution in [2.45, 2.75) is 20.8 Å². The van der Waals surface area contributed by atoms with Crippen LogP contribution in [0.3, 0.4) is 0 Å². The SMILES string of the molecule is C=CC.CC.N#Cc1ccccc1-n1c2ccccc2c2c3sc4ccccc4c3ccc21. The van der Waals surface area contributed by atoms with E-state index in [0.29, 0.717) is 5.56 Å². The quantitative estimate of drug-likeness (QED) is 0.231. The first-order chi connectivity index (χ1) is 16.3. The van der Waals surface area contributed by atoms with E-state index in [1.165, 1.54) is 30.9 Å². The van der Waals surface area contributed by atoms with Gasteiger partial charge in [-0.3, -0.25) is 0 Å². The van der Waals surface area contributed by atoms with E-state index < -0.39 is 0 Å². The lowest BCUT2D eigenvalue weighted by molar-refractivity contribution is 1.17. The van der Waals surface area contributed by atoms with Gasteiger partial charge in [-0.05, 0) is 37.3 Å². The maximum atomic E-state index is 9.67. The second kappa shape index (κ2) is 9.73. The Morgan fingerprint density at radius 1 is 0.788 bits per heavy atom. The summed E-state index contributed by atoms with van der Waals surface area (Å²) in [4.78, 5) is 0. The molecule has 0 atom stereocenters. The predicted octanol–water partition coefficient (Wildman–Crippen LogP) is 9.24. The summed E-state index contributed by atoms with van der Waals surface area (Å²) < 4.78 is 4.84. The molecule has 3 heteroatoms. The summed E-state index contributed by atoms with van der Waals surface area (Å²) in [7, 11) is 0. The number of thiophene rings is 1. The van der Waals surface area contributed by atoms with E-state index in [2.05, 4.69) is 77.9 Å². The van der Waals surface area contributed by atoms with Gasteiger partial charge in [-0.2, -0.15) is 5.26 Å². The molecule has 0 radical (unpaired) electrons. The maximum absolute atomic E-state index is 9.67. The second-order valence-corrected chi connectivity index (χ2v) is 8.38. The molecule has 2 nitrogen and oxygen atoms in total. The zero-order valence-corrected chi connectivity index (χ0v) is 20.0. The van der Waals surface area contributed by atoms with E-state index in [1.807, 2.05) is 56.4 Å². The molecule has 6 rings (SSSR count). The molecule has 0 amide bonds. The molecule has 33 heavy (non-hydrogen) atoms. The van der Waals surface area contributed by atoms with Gasteiger partial charge in [0, 0.05) is 30.9 Å². The van der Waals surface area contributed by atoms with Gasteiger partial charge < -0.3 is 4.57 Å². The fraction of sp³-hybridized carbons (Fsp3) is 0.100. The third-order valence-corrected chi connectivity index (χ3v) is 6.65. The van der Waals surface area contributed by atoms with Crippen molar-refractivity contribution in [3.63, 3.8) is 0 Å². The molecule has 2 heterocycles. The molecule has 0 fully saturated rings. The number of hydrogen-bond donors (Lipinski definition) is 0. The summed E-state index contributed by atoms with van der Waals surface area (Å²) in [5.74, 6) is 0. The maximum Gasteiger partial charge on any atom is 0.101 e. The van der Waals surface area contributed by atoms with E-state index in [4.69, 9.17) is 0 Å². The Balaban J connectivity index is 0.000000482. The van der Waals surface area contributed by atoms with Crippen molar-refractivity contribution in [1.82, 2.24) is 4.57 Å². The van der Waals surface area contributed by atoms with Crippen LogP contribution in [0.2, 0.25) is 0 Å². The molecule has 0 saturated heterocycles. The normalized spacial score (nSPS) is 10.4. The average molecular weight is 447 g/mol. The third kappa shape index (κ3) is 3.69. The zero-order chi connectivity index (χ0) is 23.4. The summed E-state index contributed by atoms with van der Waals surface area (Å²) in [5.41, 5.74) is 3.88. The van der Waals surface area contributed by atoms with Gasteiger partial charge in [0.1, 0.15) is 6.07 Å². The van der Waals surface area contributed by atoms with Gasteiger partial charge in [0.25, 0.3) is 0 Å². The Morgan fingerprint density at radius 3 is 2.18 bits per heavy atom. The number of rotatable bonds is 1. The van der Waals surface area contributed by atoms with E-state index in [-0.39, 0.29) is 0 Å². The highest BCUT2D eigenvalue weighted by molar-refractivity contribution is 7.26. The molecule has 4 aromatic carbocycles. The smallest absolute Gasteiger partial charge is 0.101 e. The predicted molar refractivity (Wildman–Crippen MR) is 146 cm³/mol. The van der Waals surface area contributed by atoms with Gasteiger partial charge in [0.05, 0.1) is 22.3 Å². The Hall–Kier alpha value is -3.87. The van der Waals surface area contributed by atoms with Crippen molar-refractivity contribution >= 4 is 53.3 Å². The summed E-state index contributed by atoms with van der Waals surface area (Å²) >= 11 is 1.85. The minimum atomic E-state index is 0.682. The minimum absolute atomic E-state index is 0.682. The Morgan fingerprint density at radius 2 is 1.42 bits per heavy atom. The molecular weight excluding hydrogens is 420 g/mol. The van der Waals surface area contributed by atoms with Crippen LogP contribution in [0.4, 0.5) is 0 Å². The van der Waals surface area contributed by atoms with Gasteiger partial charge >= 0.3 is 0 Å². The fourth-order valence-electron chi connectivity index (χ4n) is 4.26. The van der Waals surface area contributed by atoms with Crippen molar-refractivity contribution in [3.8, 4) is 11.8 Å². The lowest BCUT2D eigenvalue weighted by Gasteiger charge is -2.09. The molecule has 0 bridgehead atoms. The van der Waals surface area contributed by atoms with E-state index in [9.17, 15) is 5.26 Å². The fourth-order valence-corrected chi connectivity index (χ4v) is 5.52. The van der Waals surface area contributed by atoms with Crippen LogP contribution >= 0.6 is 11.3 Å². The molecule has 6 aromatic rings. The number of hydrogen-bond acceptors (Lipinski definition) is 2. The molecule has 2 aromatic heterocycles. The lowest BCUT2D eigenvalue weighted by atomic mass is 10.1. The van der Waals surface area contributed by atoms with Crippen molar-refractivity contribution in [3.05, 3.63) is 103 Å². The first kappa shape index (κ1) is 22.3. The van der Waals surface area contributed by atoms with Crippen molar-refractivity contribution in [2.75, 3.05) is 0 Å². The van der Waals surface area contributed by atoms with Gasteiger partial charge in [-0.1, -0.05) is 74.5 Å². The zero-order valence-electron chi connectivity index (χ0n) is 19.2. The Bertz CT molecular complexity index is 1630. The van der Waals surface area contributed by atoms with Crippen LogP contribution in [0, 0.1) is 11.3 Å². The van der Waals surface area contributed by atoms with Crippen LogP contribution < -0.4 is 0 Å². The number of nitrogens with zero attached hydrogens (tertiary/aromatic N) is 2. The van der Waals surface area contributed by atoms with Crippen molar-refractivity contribution in [1.29, 1.82) is 5.26 Å². The second-order valence-electron chi connectivity index (χ2n) is 7.32. The lowest BCUT2D eigenvalue weighted by Crippen LogP contribution is -1.96. The molecule has 0 aliphatic rings. The van der Waals surface area contributed by atoms with Crippen molar-refractivity contribution in [2.24, 2.45) is 0 Å². The molecular formula is C30H26N2S. The largest absolute Gasteiger partial charge is 0.308 e. The highest BCUT2D eigenvalue weighted by atomic mass is 32.1.